The number of aliphatic hydroxyl groups excluding tert-OH is 3. The van der Waals surface area contributed by atoms with E-state index >= 15 is 0 Å². The standard InChI is InChI=1S/C55H94FN7O13/c1-15-43-55(10,69)48(65)35(6)61(12)28-31(2)25-53(8,68)50(33(4)46(34(5)51(67)74-43)75-44-26-54(9,71-14)49(66)36(7)73-44)76-52-45(64)41(24-32(3)72-52)60(11)22-21-39-30-63(59-58-39)42(27-56)47(70-13)37-16-18-40(19-17-37)62-23-20-38(57)29-62/h16-19,30-36,38,41-50,52,64-66,68-69H,15,20-29,57H2,1-14H3/t31-,32-,33+,34-,35-,36+,38-,41+,42+,43-,44+,45-,46+,47-,48-,49+,50-,52+,53-,54-,55-/m1/s1. The highest BCUT2D eigenvalue weighted by atomic mass is 19.1. The van der Waals surface area contributed by atoms with Gasteiger partial charge in [-0.1, -0.05) is 38.1 Å². The van der Waals surface area contributed by atoms with Gasteiger partial charge in [0.05, 0.1) is 47.2 Å². The predicted molar refractivity (Wildman–Crippen MR) is 283 cm³/mol. The third-order valence-corrected chi connectivity index (χ3v) is 17.3. The molecule has 4 saturated heterocycles. The molecule has 2 aromatic rings. The molecule has 7 N–H and O–H groups in total. The number of halogens is 1. The molecule has 1 aromatic heterocycles. The Labute approximate surface area is 450 Å². The lowest BCUT2D eigenvalue weighted by atomic mass is 9.77. The predicted octanol–water partition coefficient (Wildman–Crippen LogP) is 3.54. The molecule has 0 saturated carbocycles. The van der Waals surface area contributed by atoms with Crippen molar-refractivity contribution in [1.82, 2.24) is 24.8 Å². The van der Waals surface area contributed by atoms with Crippen molar-refractivity contribution >= 4 is 11.7 Å². The Hall–Kier alpha value is -3.00. The number of aromatic nitrogens is 3. The fourth-order valence-corrected chi connectivity index (χ4v) is 12.4. The van der Waals surface area contributed by atoms with Gasteiger partial charge in [0.1, 0.15) is 48.8 Å². The Balaban J connectivity index is 1.25. The number of esters is 1. The number of hydrogen-bond donors (Lipinski definition) is 6. The topological polar surface area (TPSA) is 249 Å². The summed E-state index contributed by atoms with van der Waals surface area (Å²) in [4.78, 5) is 20.7. The first-order valence-electron chi connectivity index (χ1n) is 27.6. The zero-order chi connectivity index (χ0) is 56.2. The molecule has 76 heavy (non-hydrogen) atoms. The third kappa shape index (κ3) is 14.1. The molecule has 4 fully saturated rings. The van der Waals surface area contributed by atoms with Gasteiger partial charge in [0.25, 0.3) is 0 Å². The summed E-state index contributed by atoms with van der Waals surface area (Å²) < 4.78 is 60.7. The number of anilines is 1. The van der Waals surface area contributed by atoms with E-state index in [9.17, 15) is 34.7 Å². The summed E-state index contributed by atoms with van der Waals surface area (Å²) in [6, 6.07) is 6.21. The van der Waals surface area contributed by atoms with Crippen LogP contribution < -0.4 is 10.6 Å². The fraction of sp³-hybridized carbons (Fsp3) is 0.836. The first kappa shape index (κ1) is 62.2. The molecule has 0 bridgehead atoms. The smallest absolute Gasteiger partial charge is 0.311 e. The zero-order valence-corrected chi connectivity index (χ0v) is 47.7. The number of rotatable bonds is 16. The van der Waals surface area contributed by atoms with Gasteiger partial charge < -0.3 is 79.1 Å². The molecule has 0 spiro atoms. The first-order valence-corrected chi connectivity index (χ1v) is 27.6. The van der Waals surface area contributed by atoms with Gasteiger partial charge in [-0.2, -0.15) is 0 Å². The summed E-state index contributed by atoms with van der Waals surface area (Å²) in [6.45, 7) is 19.2. The van der Waals surface area contributed by atoms with Crippen LogP contribution in [0.15, 0.2) is 30.5 Å². The molecule has 0 amide bonds. The molecule has 21 atom stereocenters. The van der Waals surface area contributed by atoms with Crippen LogP contribution >= 0.6 is 0 Å². The van der Waals surface area contributed by atoms with Crippen molar-refractivity contribution in [3.8, 4) is 0 Å². The molecule has 21 heteroatoms. The van der Waals surface area contributed by atoms with Crippen LogP contribution in [0.4, 0.5) is 10.1 Å². The number of carbonyl (C=O) groups excluding carboxylic acids is 1. The Morgan fingerprint density at radius 1 is 0.974 bits per heavy atom. The molecular weight excluding hydrogens is 986 g/mol. The lowest BCUT2D eigenvalue weighted by Crippen LogP contribution is -2.61. The second-order valence-electron chi connectivity index (χ2n) is 23.6. The molecule has 1 aromatic carbocycles. The summed E-state index contributed by atoms with van der Waals surface area (Å²) in [7, 11) is 6.78. The molecule has 0 aliphatic carbocycles. The molecule has 5 heterocycles. The van der Waals surface area contributed by atoms with Crippen molar-refractivity contribution in [2.24, 2.45) is 23.5 Å². The number of ether oxygens (including phenoxy) is 7. The van der Waals surface area contributed by atoms with E-state index in [0.29, 0.717) is 31.6 Å². The van der Waals surface area contributed by atoms with Crippen molar-refractivity contribution in [3.63, 3.8) is 0 Å². The van der Waals surface area contributed by atoms with Gasteiger partial charge in [0.2, 0.25) is 0 Å². The van der Waals surface area contributed by atoms with Gasteiger partial charge in [-0.15, -0.1) is 5.10 Å². The van der Waals surface area contributed by atoms with Crippen molar-refractivity contribution in [2.75, 3.05) is 66.1 Å². The van der Waals surface area contributed by atoms with Crippen LogP contribution in [0.3, 0.4) is 0 Å². The number of alkyl halides is 1. The Morgan fingerprint density at radius 2 is 1.66 bits per heavy atom. The van der Waals surface area contributed by atoms with E-state index in [1.807, 2.05) is 62.0 Å². The average molecular weight is 1080 g/mol. The molecule has 20 nitrogen and oxygen atoms in total. The summed E-state index contributed by atoms with van der Waals surface area (Å²) in [5.74, 6) is -2.87. The normalized spacial score (nSPS) is 40.6. The van der Waals surface area contributed by atoms with E-state index < -0.39 is 127 Å². The Kier molecular flexibility index (Phi) is 21.3. The molecule has 6 rings (SSSR count). The number of likely N-dealkylation sites (N-methyl/N-ethyl adjacent to an activating group) is 2. The number of nitrogens with zero attached hydrogens (tertiary/aromatic N) is 6. The lowest BCUT2D eigenvalue weighted by Gasteiger charge is -2.49. The van der Waals surface area contributed by atoms with Crippen molar-refractivity contribution in [3.05, 3.63) is 41.7 Å². The van der Waals surface area contributed by atoms with E-state index in [2.05, 4.69) is 15.2 Å². The van der Waals surface area contributed by atoms with E-state index in [1.165, 1.54) is 18.7 Å². The number of carbonyl (C=O) groups is 1. The number of benzene rings is 1. The maximum atomic E-state index is 14.9. The van der Waals surface area contributed by atoms with Gasteiger partial charge in [-0.25, -0.2) is 9.07 Å². The van der Waals surface area contributed by atoms with Crippen LogP contribution in [0.25, 0.3) is 0 Å². The largest absolute Gasteiger partial charge is 0.459 e. The highest BCUT2D eigenvalue weighted by molar-refractivity contribution is 5.73. The van der Waals surface area contributed by atoms with E-state index in [4.69, 9.17) is 38.9 Å². The second-order valence-corrected chi connectivity index (χ2v) is 23.6. The van der Waals surface area contributed by atoms with Gasteiger partial charge >= 0.3 is 5.97 Å². The minimum atomic E-state index is -1.85. The second kappa shape index (κ2) is 26.1. The molecule has 4 aliphatic rings. The molecule has 0 unspecified atom stereocenters. The number of cyclic esters (lactones) is 1. The van der Waals surface area contributed by atoms with Crippen LogP contribution in [0, 0.1) is 17.8 Å². The Morgan fingerprint density at radius 3 is 2.26 bits per heavy atom. The first-order chi connectivity index (χ1) is 35.7. The highest BCUT2D eigenvalue weighted by Crippen LogP contribution is 2.41. The van der Waals surface area contributed by atoms with Crippen LogP contribution in [-0.2, 0) is 44.4 Å². The minimum absolute atomic E-state index is 0.0853. The van der Waals surface area contributed by atoms with Crippen LogP contribution in [0.1, 0.15) is 125 Å². The van der Waals surface area contributed by atoms with Gasteiger partial charge in [0.15, 0.2) is 12.6 Å². The van der Waals surface area contributed by atoms with E-state index in [0.717, 1.165) is 30.8 Å². The van der Waals surface area contributed by atoms with Gasteiger partial charge in [0, 0.05) is 89.2 Å². The average Bonchev–Trinajstić information content (AvgIpc) is 4.04. The molecule has 4 aliphatic heterocycles. The lowest BCUT2D eigenvalue weighted by molar-refractivity contribution is -0.318. The number of nitrogens with two attached hydrogens (primary N) is 1. The summed E-state index contributed by atoms with van der Waals surface area (Å²) in [5, 5.41) is 68.7. The van der Waals surface area contributed by atoms with Crippen molar-refractivity contribution in [1.29, 1.82) is 0 Å². The van der Waals surface area contributed by atoms with Gasteiger partial charge in [-0.3, -0.25) is 4.79 Å². The number of aliphatic hydroxyl groups is 5. The summed E-state index contributed by atoms with van der Waals surface area (Å²) in [5.41, 5.74) is 4.03. The summed E-state index contributed by atoms with van der Waals surface area (Å²) in [6.07, 6.45) is -6.99. The zero-order valence-electron chi connectivity index (χ0n) is 47.7. The molecular formula is C55H94FN7O13. The maximum absolute atomic E-state index is 14.9. The maximum Gasteiger partial charge on any atom is 0.311 e. The van der Waals surface area contributed by atoms with Crippen molar-refractivity contribution < 1.29 is 67.9 Å². The number of hydrogen-bond acceptors (Lipinski definition) is 19. The van der Waals surface area contributed by atoms with Crippen LogP contribution in [0.2, 0.25) is 0 Å². The summed E-state index contributed by atoms with van der Waals surface area (Å²) >= 11 is 0. The van der Waals surface area contributed by atoms with Crippen molar-refractivity contribution in [2.45, 2.75) is 216 Å². The van der Waals surface area contributed by atoms with E-state index in [1.54, 1.807) is 61.8 Å². The SMILES string of the molecule is CC[C@H]1OC(=O)[C@H](C)[C@@H](O[C@H]2C[C@@](C)(OC)[C@@H](O)[C@H](C)O2)[C@H](C)[C@@H](O[C@@H]2O[C@H](C)C[C@H](N(C)CCc3cn([C@@H](CF)[C@H](OC)c4ccc(N5CC[C@@H](N)C5)cc4)nn3)[C@H]2O)[C@](C)(O)C[C@@H](C)CN(C)[C@H](C)[C@@H](O)[C@]1(C)O. The van der Waals surface area contributed by atoms with Crippen LogP contribution in [-0.4, -0.2) is 214 Å². The number of methoxy groups -OCH3 is 2. The fourth-order valence-electron chi connectivity index (χ4n) is 12.4. The Bertz CT molecular complexity index is 2130. The molecule has 0 radical (unpaired) electrons. The quantitative estimate of drug-likeness (QED) is 0.132. The minimum Gasteiger partial charge on any atom is -0.459 e. The highest BCUT2D eigenvalue weighted by Gasteiger charge is 2.53. The monoisotopic (exact) mass is 1080 g/mol. The third-order valence-electron chi connectivity index (χ3n) is 17.3. The van der Waals surface area contributed by atoms with Crippen LogP contribution in [0.5, 0.6) is 0 Å². The van der Waals surface area contributed by atoms with E-state index in [-0.39, 0.29) is 31.2 Å². The molecule has 434 valence electrons. The van der Waals surface area contributed by atoms with Gasteiger partial charge in [-0.05, 0) is 112 Å².